The number of aromatic nitrogens is 2. The molecule has 3 heterocycles. The molecular formula is C18H19N5O2. The van der Waals surface area contributed by atoms with Crippen molar-refractivity contribution in [3.8, 4) is 5.75 Å². The van der Waals surface area contributed by atoms with Crippen molar-refractivity contribution in [2.75, 3.05) is 43.5 Å². The lowest BCUT2D eigenvalue weighted by Crippen LogP contribution is -2.45. The van der Waals surface area contributed by atoms with E-state index in [0.717, 1.165) is 49.1 Å². The predicted octanol–water partition coefficient (Wildman–Crippen LogP) is 1.60. The monoisotopic (exact) mass is 337 g/mol. The second-order valence-electron chi connectivity index (χ2n) is 5.98. The van der Waals surface area contributed by atoms with Gasteiger partial charge in [-0.1, -0.05) is 0 Å². The Labute approximate surface area is 145 Å². The zero-order valence-corrected chi connectivity index (χ0v) is 14.0. The minimum atomic E-state index is -0.0722. The Kier molecular flexibility index (Phi) is 3.97. The zero-order chi connectivity index (χ0) is 17.2. The number of hydrogen-bond donors (Lipinski definition) is 1. The van der Waals surface area contributed by atoms with Gasteiger partial charge in [-0.2, -0.15) is 0 Å². The summed E-state index contributed by atoms with van der Waals surface area (Å²) >= 11 is 0. The lowest BCUT2D eigenvalue weighted by atomic mass is 10.1. The number of piperazine rings is 1. The summed E-state index contributed by atoms with van der Waals surface area (Å²) in [6.45, 7) is 3.27. The molecule has 0 aliphatic carbocycles. The fourth-order valence-electron chi connectivity index (χ4n) is 3.11. The Hall–Kier alpha value is -3.09. The molecule has 1 aromatic carbocycles. The van der Waals surface area contributed by atoms with Gasteiger partial charge in [0.15, 0.2) is 0 Å². The van der Waals surface area contributed by atoms with Gasteiger partial charge in [-0.05, 0) is 24.3 Å². The normalized spacial score (nSPS) is 18.3. The van der Waals surface area contributed by atoms with Crippen LogP contribution >= 0.6 is 0 Å². The molecule has 0 saturated carbocycles. The summed E-state index contributed by atoms with van der Waals surface area (Å²) < 4.78 is 5.28. The van der Waals surface area contributed by atoms with Crippen molar-refractivity contribution < 1.29 is 9.53 Å². The maximum absolute atomic E-state index is 12.3. The SMILES string of the molecule is COc1ccc2c(c1)/C(=C\N1CCN(c3ncccn3)CC1)C(=O)N2. The number of fused-ring (bicyclic) bond motifs is 1. The summed E-state index contributed by atoms with van der Waals surface area (Å²) in [4.78, 5) is 25.2. The molecule has 2 aliphatic rings. The molecule has 1 amide bonds. The van der Waals surface area contributed by atoms with Crippen LogP contribution in [-0.4, -0.2) is 54.1 Å². The molecule has 4 rings (SSSR count). The number of nitrogens with zero attached hydrogens (tertiary/aromatic N) is 4. The van der Waals surface area contributed by atoms with E-state index >= 15 is 0 Å². The van der Waals surface area contributed by atoms with E-state index in [1.54, 1.807) is 19.5 Å². The molecule has 2 aromatic rings. The fourth-order valence-corrected chi connectivity index (χ4v) is 3.11. The van der Waals surface area contributed by atoms with E-state index in [4.69, 9.17) is 4.74 Å². The average molecular weight is 337 g/mol. The van der Waals surface area contributed by atoms with Gasteiger partial charge in [0.2, 0.25) is 5.95 Å². The molecular weight excluding hydrogens is 318 g/mol. The number of methoxy groups -OCH3 is 1. The summed E-state index contributed by atoms with van der Waals surface area (Å²) in [7, 11) is 1.63. The van der Waals surface area contributed by atoms with E-state index in [0.29, 0.717) is 5.57 Å². The lowest BCUT2D eigenvalue weighted by molar-refractivity contribution is -0.110. The van der Waals surface area contributed by atoms with E-state index in [1.165, 1.54) is 0 Å². The van der Waals surface area contributed by atoms with E-state index in [-0.39, 0.29) is 5.91 Å². The average Bonchev–Trinajstić information content (AvgIpc) is 2.97. The Morgan fingerprint density at radius 1 is 1.16 bits per heavy atom. The van der Waals surface area contributed by atoms with Gasteiger partial charge in [-0.15, -0.1) is 0 Å². The van der Waals surface area contributed by atoms with E-state index < -0.39 is 0 Å². The molecule has 0 radical (unpaired) electrons. The number of hydrogen-bond acceptors (Lipinski definition) is 6. The molecule has 128 valence electrons. The van der Waals surface area contributed by atoms with Gasteiger partial charge in [-0.25, -0.2) is 9.97 Å². The summed E-state index contributed by atoms with van der Waals surface area (Å²) in [6.07, 6.45) is 5.46. The molecule has 0 unspecified atom stereocenters. The first-order valence-electron chi connectivity index (χ1n) is 8.22. The summed E-state index contributed by atoms with van der Waals surface area (Å²) in [5.74, 6) is 1.42. The van der Waals surface area contributed by atoms with E-state index in [1.807, 2.05) is 30.5 Å². The molecule has 0 bridgehead atoms. The van der Waals surface area contributed by atoms with Crippen molar-refractivity contribution in [3.05, 3.63) is 48.4 Å². The molecule has 2 aliphatic heterocycles. The van der Waals surface area contributed by atoms with Crippen LogP contribution in [0.2, 0.25) is 0 Å². The Bertz CT molecular complexity index is 813. The second-order valence-corrected chi connectivity index (χ2v) is 5.98. The summed E-state index contributed by atoms with van der Waals surface area (Å²) in [6, 6.07) is 7.43. The van der Waals surface area contributed by atoms with E-state index in [2.05, 4.69) is 25.1 Å². The van der Waals surface area contributed by atoms with Crippen LogP contribution in [-0.2, 0) is 4.79 Å². The lowest BCUT2D eigenvalue weighted by Gasteiger charge is -2.34. The molecule has 0 atom stereocenters. The van der Waals surface area contributed by atoms with Gasteiger partial charge in [0.05, 0.1) is 12.7 Å². The number of carbonyl (C=O) groups excluding carboxylic acids is 1. The Morgan fingerprint density at radius 3 is 2.64 bits per heavy atom. The molecule has 1 aromatic heterocycles. The zero-order valence-electron chi connectivity index (χ0n) is 14.0. The fraction of sp³-hybridized carbons (Fsp3) is 0.278. The highest BCUT2D eigenvalue weighted by Gasteiger charge is 2.26. The van der Waals surface area contributed by atoms with Crippen molar-refractivity contribution in [2.24, 2.45) is 0 Å². The first-order chi connectivity index (χ1) is 12.2. The van der Waals surface area contributed by atoms with Gasteiger partial charge < -0.3 is 19.9 Å². The van der Waals surface area contributed by atoms with Crippen LogP contribution in [0.1, 0.15) is 5.56 Å². The van der Waals surface area contributed by atoms with Gasteiger partial charge in [-0.3, -0.25) is 4.79 Å². The minimum Gasteiger partial charge on any atom is -0.497 e. The van der Waals surface area contributed by atoms with Crippen LogP contribution in [0.4, 0.5) is 11.6 Å². The van der Waals surface area contributed by atoms with Gasteiger partial charge >= 0.3 is 0 Å². The first-order valence-corrected chi connectivity index (χ1v) is 8.22. The summed E-state index contributed by atoms with van der Waals surface area (Å²) in [5.41, 5.74) is 2.39. The first kappa shape index (κ1) is 15.4. The molecule has 7 heteroatoms. The number of rotatable bonds is 3. The van der Waals surface area contributed by atoms with E-state index in [9.17, 15) is 4.79 Å². The molecule has 1 fully saturated rings. The molecule has 1 N–H and O–H groups in total. The largest absolute Gasteiger partial charge is 0.497 e. The molecule has 7 nitrogen and oxygen atoms in total. The van der Waals surface area contributed by atoms with Gasteiger partial charge in [0, 0.05) is 56.0 Å². The standard InChI is InChI=1S/C18H19N5O2/c1-25-13-3-4-16-14(11-13)15(17(24)21-16)12-22-7-9-23(10-8-22)18-19-5-2-6-20-18/h2-6,11-12H,7-10H2,1H3,(H,21,24)/b15-12+. The topological polar surface area (TPSA) is 70.6 Å². The third kappa shape index (κ3) is 3.00. The highest BCUT2D eigenvalue weighted by Crippen LogP contribution is 2.34. The van der Waals surface area contributed by atoms with Crippen molar-refractivity contribution in [2.45, 2.75) is 0 Å². The smallest absolute Gasteiger partial charge is 0.257 e. The highest BCUT2D eigenvalue weighted by atomic mass is 16.5. The second kappa shape index (κ2) is 6.43. The predicted molar refractivity (Wildman–Crippen MR) is 95.4 cm³/mol. The Balaban J connectivity index is 1.50. The number of ether oxygens (including phenoxy) is 1. The number of anilines is 2. The van der Waals surface area contributed by atoms with Gasteiger partial charge in [0.25, 0.3) is 5.91 Å². The van der Waals surface area contributed by atoms with Crippen molar-refractivity contribution in [1.29, 1.82) is 0 Å². The number of benzene rings is 1. The van der Waals surface area contributed by atoms with Crippen molar-refractivity contribution in [3.63, 3.8) is 0 Å². The number of carbonyl (C=O) groups is 1. The maximum atomic E-state index is 12.3. The van der Waals surface area contributed by atoms with Crippen LogP contribution in [0.3, 0.4) is 0 Å². The molecule has 0 spiro atoms. The van der Waals surface area contributed by atoms with Crippen LogP contribution < -0.4 is 15.0 Å². The van der Waals surface area contributed by atoms with Crippen LogP contribution in [0, 0.1) is 0 Å². The van der Waals surface area contributed by atoms with Gasteiger partial charge in [0.1, 0.15) is 5.75 Å². The third-order valence-electron chi connectivity index (χ3n) is 4.47. The quantitative estimate of drug-likeness (QED) is 0.858. The Morgan fingerprint density at radius 2 is 1.92 bits per heavy atom. The number of amides is 1. The van der Waals surface area contributed by atoms with Crippen molar-refractivity contribution >= 4 is 23.1 Å². The summed E-state index contributed by atoms with van der Waals surface area (Å²) in [5, 5.41) is 2.90. The van der Waals surface area contributed by atoms with Crippen molar-refractivity contribution in [1.82, 2.24) is 14.9 Å². The molecule has 25 heavy (non-hydrogen) atoms. The third-order valence-corrected chi connectivity index (χ3v) is 4.47. The molecule has 1 saturated heterocycles. The van der Waals surface area contributed by atoms with Crippen LogP contribution in [0.25, 0.3) is 5.57 Å². The minimum absolute atomic E-state index is 0.0722. The van der Waals surface area contributed by atoms with Crippen LogP contribution in [0.5, 0.6) is 5.75 Å². The number of nitrogens with one attached hydrogen (secondary N) is 1. The maximum Gasteiger partial charge on any atom is 0.257 e. The highest BCUT2D eigenvalue weighted by molar-refractivity contribution is 6.31. The van der Waals surface area contributed by atoms with Crippen LogP contribution in [0.15, 0.2) is 42.9 Å².